The van der Waals surface area contributed by atoms with Gasteiger partial charge in [-0.2, -0.15) is 0 Å². The molecule has 17 heavy (non-hydrogen) atoms. The minimum absolute atomic E-state index is 0.198. The van der Waals surface area contributed by atoms with Crippen LogP contribution in [0.2, 0.25) is 5.15 Å². The fourth-order valence-corrected chi connectivity index (χ4v) is 1.74. The molecule has 1 heterocycles. The summed E-state index contributed by atoms with van der Waals surface area (Å²) in [6.45, 7) is 0. The zero-order valence-electron chi connectivity index (χ0n) is 9.06. The molecule has 1 aromatic heterocycles. The van der Waals surface area contributed by atoms with Gasteiger partial charge in [-0.15, -0.1) is 0 Å². The van der Waals surface area contributed by atoms with E-state index < -0.39 is 0 Å². The molecule has 1 amide bonds. The number of hydrogen-bond donors (Lipinski definition) is 1. The van der Waals surface area contributed by atoms with E-state index in [9.17, 15) is 4.79 Å². The van der Waals surface area contributed by atoms with E-state index in [2.05, 4.69) is 4.98 Å². The third-order valence-corrected chi connectivity index (χ3v) is 2.62. The molecule has 0 unspecified atom stereocenters. The summed E-state index contributed by atoms with van der Waals surface area (Å²) >= 11 is 6.04. The molecule has 0 saturated heterocycles. The molecule has 0 saturated carbocycles. The van der Waals surface area contributed by atoms with Crippen molar-refractivity contribution < 1.29 is 4.79 Å². The van der Waals surface area contributed by atoms with E-state index in [-0.39, 0.29) is 12.3 Å². The first-order chi connectivity index (χ1) is 8.16. The third-order valence-electron chi connectivity index (χ3n) is 2.32. The lowest BCUT2D eigenvalue weighted by Crippen LogP contribution is -2.07. The van der Waals surface area contributed by atoms with Crippen LogP contribution in [0.15, 0.2) is 36.4 Å². The zero-order valence-corrected chi connectivity index (χ0v) is 9.82. The molecule has 2 rings (SSSR count). The van der Waals surface area contributed by atoms with Crippen LogP contribution in [0.3, 0.4) is 0 Å². The molecule has 0 aliphatic heterocycles. The number of nitrogens with two attached hydrogens (primary N) is 1. The van der Waals surface area contributed by atoms with E-state index in [1.165, 1.54) is 0 Å². The first kappa shape index (κ1) is 11.6. The number of primary amides is 1. The molecule has 3 nitrogen and oxygen atoms in total. The second kappa shape index (κ2) is 4.97. The topological polar surface area (TPSA) is 56.0 Å². The SMILES string of the molecule is NC(=O)CC=Cc1cc2ccccc2nc1Cl. The van der Waals surface area contributed by atoms with E-state index in [0.29, 0.717) is 5.15 Å². The van der Waals surface area contributed by atoms with Crippen molar-refractivity contribution in [2.75, 3.05) is 0 Å². The van der Waals surface area contributed by atoms with Crippen molar-refractivity contribution in [3.8, 4) is 0 Å². The van der Waals surface area contributed by atoms with Gasteiger partial charge < -0.3 is 5.73 Å². The van der Waals surface area contributed by atoms with Crippen LogP contribution in [0, 0.1) is 0 Å². The summed E-state index contributed by atoms with van der Waals surface area (Å²) in [5, 5.41) is 1.43. The zero-order chi connectivity index (χ0) is 12.3. The monoisotopic (exact) mass is 246 g/mol. The van der Waals surface area contributed by atoms with Crippen LogP contribution in [-0.2, 0) is 4.79 Å². The molecule has 0 bridgehead atoms. The summed E-state index contributed by atoms with van der Waals surface area (Å²) in [7, 11) is 0. The molecule has 0 atom stereocenters. The lowest BCUT2D eigenvalue weighted by atomic mass is 10.1. The number of para-hydroxylation sites is 1. The fourth-order valence-electron chi connectivity index (χ4n) is 1.53. The predicted molar refractivity (Wildman–Crippen MR) is 69.6 cm³/mol. The number of carbonyl (C=O) groups excluding carboxylic acids is 1. The van der Waals surface area contributed by atoms with Gasteiger partial charge in [-0.05, 0) is 12.1 Å². The molecule has 4 heteroatoms. The lowest BCUT2D eigenvalue weighted by molar-refractivity contribution is -0.117. The van der Waals surface area contributed by atoms with Gasteiger partial charge >= 0.3 is 0 Å². The van der Waals surface area contributed by atoms with Crippen molar-refractivity contribution in [3.63, 3.8) is 0 Å². The summed E-state index contributed by atoms with van der Waals surface area (Å²) < 4.78 is 0. The number of hydrogen-bond acceptors (Lipinski definition) is 2. The van der Waals surface area contributed by atoms with Gasteiger partial charge in [-0.1, -0.05) is 42.0 Å². The number of carbonyl (C=O) groups is 1. The van der Waals surface area contributed by atoms with Crippen molar-refractivity contribution in [1.29, 1.82) is 0 Å². The van der Waals surface area contributed by atoms with E-state index >= 15 is 0 Å². The number of fused-ring (bicyclic) bond motifs is 1. The van der Waals surface area contributed by atoms with Crippen LogP contribution in [0.4, 0.5) is 0 Å². The molecule has 86 valence electrons. The fraction of sp³-hybridized carbons (Fsp3) is 0.0769. The molecule has 0 spiro atoms. The Morgan fingerprint density at radius 1 is 1.41 bits per heavy atom. The van der Waals surface area contributed by atoms with Crippen molar-refractivity contribution >= 4 is 34.5 Å². The second-order valence-electron chi connectivity index (χ2n) is 3.63. The predicted octanol–water partition coefficient (Wildman–Crippen LogP) is 2.78. The van der Waals surface area contributed by atoms with E-state index in [1.807, 2.05) is 30.3 Å². The Balaban J connectivity index is 2.37. The molecular weight excluding hydrogens is 236 g/mol. The van der Waals surface area contributed by atoms with E-state index in [1.54, 1.807) is 12.2 Å². The minimum atomic E-state index is -0.369. The number of benzene rings is 1. The first-order valence-electron chi connectivity index (χ1n) is 5.17. The third kappa shape index (κ3) is 2.82. The Hall–Kier alpha value is -1.87. The van der Waals surface area contributed by atoms with Gasteiger partial charge in [0.25, 0.3) is 0 Å². The minimum Gasteiger partial charge on any atom is -0.369 e. The highest BCUT2D eigenvalue weighted by atomic mass is 35.5. The Morgan fingerprint density at radius 2 is 2.18 bits per heavy atom. The number of halogens is 1. The first-order valence-corrected chi connectivity index (χ1v) is 5.55. The molecule has 0 aliphatic carbocycles. The summed E-state index contributed by atoms with van der Waals surface area (Å²) in [5.41, 5.74) is 6.68. The standard InChI is InChI=1S/C13H11ClN2O/c14-13-10(5-3-7-12(15)17)8-9-4-1-2-6-11(9)16-13/h1-6,8H,7H2,(H2,15,17). The highest BCUT2D eigenvalue weighted by molar-refractivity contribution is 6.31. The number of amides is 1. The Kier molecular flexibility index (Phi) is 3.40. The van der Waals surface area contributed by atoms with Gasteiger partial charge in [0.15, 0.2) is 0 Å². The van der Waals surface area contributed by atoms with Crippen LogP contribution in [0.5, 0.6) is 0 Å². The molecule has 1 aromatic carbocycles. The van der Waals surface area contributed by atoms with Crippen molar-refractivity contribution in [1.82, 2.24) is 4.98 Å². The van der Waals surface area contributed by atoms with Gasteiger partial charge in [-0.3, -0.25) is 4.79 Å². The Bertz CT molecular complexity index is 593. The van der Waals surface area contributed by atoms with Gasteiger partial charge in [0.2, 0.25) is 5.91 Å². The Labute approximate surface area is 104 Å². The number of pyridine rings is 1. The number of nitrogens with zero attached hydrogens (tertiary/aromatic N) is 1. The highest BCUT2D eigenvalue weighted by Crippen LogP contribution is 2.21. The van der Waals surface area contributed by atoms with Gasteiger partial charge in [0.05, 0.1) is 5.52 Å². The smallest absolute Gasteiger partial charge is 0.221 e. The average molecular weight is 247 g/mol. The van der Waals surface area contributed by atoms with Crippen LogP contribution in [0.1, 0.15) is 12.0 Å². The lowest BCUT2D eigenvalue weighted by Gasteiger charge is -2.01. The molecule has 0 aliphatic rings. The van der Waals surface area contributed by atoms with Crippen molar-refractivity contribution in [2.24, 2.45) is 5.73 Å². The average Bonchev–Trinajstić information content (AvgIpc) is 2.29. The summed E-state index contributed by atoms with van der Waals surface area (Å²) in [5.74, 6) is -0.369. The highest BCUT2D eigenvalue weighted by Gasteiger charge is 2.01. The summed E-state index contributed by atoms with van der Waals surface area (Å²) in [6, 6.07) is 9.65. The van der Waals surface area contributed by atoms with Gasteiger partial charge in [-0.25, -0.2) is 4.98 Å². The molecular formula is C13H11ClN2O. The quantitative estimate of drug-likeness (QED) is 0.847. The normalized spacial score (nSPS) is 11.1. The second-order valence-corrected chi connectivity index (χ2v) is 3.99. The van der Waals surface area contributed by atoms with E-state index in [0.717, 1.165) is 16.5 Å². The largest absolute Gasteiger partial charge is 0.369 e. The van der Waals surface area contributed by atoms with Crippen molar-refractivity contribution in [3.05, 3.63) is 47.1 Å². The van der Waals surface area contributed by atoms with Crippen LogP contribution >= 0.6 is 11.6 Å². The van der Waals surface area contributed by atoms with Crippen LogP contribution in [-0.4, -0.2) is 10.9 Å². The maximum Gasteiger partial charge on any atom is 0.221 e. The number of rotatable bonds is 3. The molecule has 0 radical (unpaired) electrons. The summed E-state index contributed by atoms with van der Waals surface area (Å²) in [4.78, 5) is 14.9. The van der Waals surface area contributed by atoms with Crippen molar-refractivity contribution in [2.45, 2.75) is 6.42 Å². The van der Waals surface area contributed by atoms with Crippen LogP contribution < -0.4 is 5.73 Å². The summed E-state index contributed by atoms with van der Waals surface area (Å²) in [6.07, 6.45) is 3.63. The molecule has 0 fully saturated rings. The van der Waals surface area contributed by atoms with Gasteiger partial charge in [0.1, 0.15) is 5.15 Å². The molecule has 2 N–H and O–H groups in total. The maximum absolute atomic E-state index is 10.6. The van der Waals surface area contributed by atoms with E-state index in [4.69, 9.17) is 17.3 Å². The van der Waals surface area contributed by atoms with Crippen LogP contribution in [0.25, 0.3) is 17.0 Å². The maximum atomic E-state index is 10.6. The Morgan fingerprint density at radius 3 is 2.94 bits per heavy atom. The van der Waals surface area contributed by atoms with Gasteiger partial charge in [0, 0.05) is 17.4 Å². The molecule has 2 aromatic rings. The number of aromatic nitrogens is 1.